The number of amides is 1. The van der Waals surface area contributed by atoms with E-state index < -0.39 is 0 Å². The molecular weight excluding hydrogens is 186 g/mol. The first-order valence-corrected chi connectivity index (χ1v) is 5.46. The molecule has 2 atom stereocenters. The van der Waals surface area contributed by atoms with Crippen LogP contribution in [0.5, 0.6) is 0 Å². The zero-order chi connectivity index (χ0) is 9.26. The van der Waals surface area contributed by atoms with Gasteiger partial charge >= 0.3 is 0 Å². The smallest absolute Gasteiger partial charge is 0.222 e. The quantitative estimate of drug-likeness (QED) is 0.623. The monoisotopic (exact) mass is 199 g/mol. The van der Waals surface area contributed by atoms with E-state index in [1.54, 1.807) is 11.8 Å². The molecule has 2 unspecified atom stereocenters. The molecule has 0 aromatic heterocycles. The van der Waals surface area contributed by atoms with Gasteiger partial charge in [-0.3, -0.25) is 9.79 Å². The minimum absolute atomic E-state index is 0.116. The SMILES string of the molecule is CC1CSC(=NC2CNC(=O)C2)N1. The van der Waals surface area contributed by atoms with Gasteiger partial charge in [0.25, 0.3) is 0 Å². The summed E-state index contributed by atoms with van der Waals surface area (Å²) in [6.45, 7) is 2.83. The van der Waals surface area contributed by atoms with Crippen molar-refractivity contribution >= 4 is 22.8 Å². The normalized spacial score (nSPS) is 36.4. The highest BCUT2D eigenvalue weighted by molar-refractivity contribution is 8.14. The summed E-state index contributed by atoms with van der Waals surface area (Å²) in [5.74, 6) is 1.19. The Labute approximate surface area is 81.6 Å². The van der Waals surface area contributed by atoms with E-state index in [2.05, 4.69) is 22.5 Å². The second-order valence-electron chi connectivity index (χ2n) is 3.45. The third-order valence-electron chi connectivity index (χ3n) is 2.10. The van der Waals surface area contributed by atoms with Crippen molar-refractivity contribution in [3.05, 3.63) is 0 Å². The summed E-state index contributed by atoms with van der Waals surface area (Å²) >= 11 is 1.74. The van der Waals surface area contributed by atoms with Crippen molar-refractivity contribution in [2.75, 3.05) is 12.3 Å². The van der Waals surface area contributed by atoms with Crippen molar-refractivity contribution in [2.24, 2.45) is 4.99 Å². The number of hydrogen-bond donors (Lipinski definition) is 2. The first-order chi connectivity index (χ1) is 6.24. The summed E-state index contributed by atoms with van der Waals surface area (Å²) in [5.41, 5.74) is 0. The Hall–Kier alpha value is -0.710. The lowest BCUT2D eigenvalue weighted by molar-refractivity contribution is -0.119. The largest absolute Gasteiger partial charge is 0.362 e. The van der Waals surface area contributed by atoms with Crippen LogP contribution in [-0.2, 0) is 4.79 Å². The van der Waals surface area contributed by atoms with Crippen molar-refractivity contribution in [3.8, 4) is 0 Å². The summed E-state index contributed by atoms with van der Waals surface area (Å²) < 4.78 is 0. The molecule has 0 aliphatic carbocycles. The number of amidine groups is 1. The fourth-order valence-corrected chi connectivity index (χ4v) is 2.42. The van der Waals surface area contributed by atoms with Crippen molar-refractivity contribution in [3.63, 3.8) is 0 Å². The second-order valence-corrected chi connectivity index (χ2v) is 4.46. The Balaban J connectivity index is 1.92. The maximum absolute atomic E-state index is 10.9. The molecule has 72 valence electrons. The number of aliphatic imine (C=N–C) groups is 1. The van der Waals surface area contributed by atoms with Gasteiger partial charge in [-0.1, -0.05) is 11.8 Å². The molecule has 2 N–H and O–H groups in total. The molecule has 5 heteroatoms. The number of nitrogens with zero attached hydrogens (tertiary/aromatic N) is 1. The minimum atomic E-state index is 0.116. The number of carbonyl (C=O) groups is 1. The first kappa shape index (κ1) is 8.87. The van der Waals surface area contributed by atoms with Gasteiger partial charge in [0.1, 0.15) is 0 Å². The van der Waals surface area contributed by atoms with E-state index in [1.165, 1.54) is 0 Å². The Bertz CT molecular complexity index is 254. The molecule has 2 rings (SSSR count). The van der Waals surface area contributed by atoms with Crippen LogP contribution in [0.4, 0.5) is 0 Å². The first-order valence-electron chi connectivity index (χ1n) is 4.48. The lowest BCUT2D eigenvalue weighted by atomic mass is 10.3. The van der Waals surface area contributed by atoms with Gasteiger partial charge in [-0.2, -0.15) is 0 Å². The van der Waals surface area contributed by atoms with Crippen LogP contribution in [0.1, 0.15) is 13.3 Å². The molecule has 1 amide bonds. The Morgan fingerprint density at radius 2 is 2.46 bits per heavy atom. The number of hydrogen-bond acceptors (Lipinski definition) is 3. The average Bonchev–Trinajstić information content (AvgIpc) is 2.62. The van der Waals surface area contributed by atoms with E-state index in [1.807, 2.05) is 0 Å². The average molecular weight is 199 g/mol. The van der Waals surface area contributed by atoms with E-state index in [0.29, 0.717) is 19.0 Å². The minimum Gasteiger partial charge on any atom is -0.362 e. The molecule has 2 aliphatic heterocycles. The predicted octanol–water partition coefficient (Wildman–Crippen LogP) is -0.0442. The number of rotatable bonds is 1. The highest BCUT2D eigenvalue weighted by Crippen LogP contribution is 2.15. The third-order valence-corrected chi connectivity index (χ3v) is 3.26. The fourth-order valence-electron chi connectivity index (χ4n) is 1.42. The Morgan fingerprint density at radius 3 is 3.00 bits per heavy atom. The maximum Gasteiger partial charge on any atom is 0.222 e. The van der Waals surface area contributed by atoms with Crippen LogP contribution >= 0.6 is 11.8 Å². The van der Waals surface area contributed by atoms with Crippen molar-refractivity contribution < 1.29 is 4.79 Å². The molecule has 2 saturated heterocycles. The lowest BCUT2D eigenvalue weighted by Crippen LogP contribution is -2.25. The predicted molar refractivity (Wildman–Crippen MR) is 53.9 cm³/mol. The van der Waals surface area contributed by atoms with E-state index >= 15 is 0 Å². The molecule has 0 bridgehead atoms. The summed E-state index contributed by atoms with van der Waals surface area (Å²) in [4.78, 5) is 15.3. The Kier molecular flexibility index (Phi) is 2.44. The van der Waals surface area contributed by atoms with Crippen LogP contribution in [0.15, 0.2) is 4.99 Å². The van der Waals surface area contributed by atoms with Crippen molar-refractivity contribution in [1.29, 1.82) is 0 Å². The topological polar surface area (TPSA) is 53.5 Å². The van der Waals surface area contributed by atoms with Gasteiger partial charge in [-0.15, -0.1) is 0 Å². The van der Waals surface area contributed by atoms with Gasteiger partial charge in [0, 0.05) is 18.3 Å². The van der Waals surface area contributed by atoms with Crippen molar-refractivity contribution in [1.82, 2.24) is 10.6 Å². The number of nitrogens with one attached hydrogen (secondary N) is 2. The van der Waals surface area contributed by atoms with Gasteiger partial charge in [-0.25, -0.2) is 0 Å². The highest BCUT2D eigenvalue weighted by atomic mass is 32.2. The lowest BCUT2D eigenvalue weighted by Gasteiger charge is -2.03. The summed E-state index contributed by atoms with van der Waals surface area (Å²) in [6, 6.07) is 0.654. The molecule has 2 heterocycles. The third kappa shape index (κ3) is 2.15. The molecule has 0 aromatic rings. The second kappa shape index (κ2) is 3.57. The van der Waals surface area contributed by atoms with E-state index in [9.17, 15) is 4.79 Å². The summed E-state index contributed by atoms with van der Waals surface area (Å²) in [6.07, 6.45) is 0.542. The summed E-state index contributed by atoms with van der Waals surface area (Å²) in [7, 11) is 0. The van der Waals surface area contributed by atoms with Crippen molar-refractivity contribution in [2.45, 2.75) is 25.4 Å². The highest BCUT2D eigenvalue weighted by Gasteiger charge is 2.23. The van der Waals surface area contributed by atoms with Gasteiger partial charge in [0.05, 0.1) is 12.5 Å². The van der Waals surface area contributed by atoms with Gasteiger partial charge in [0.2, 0.25) is 5.91 Å². The number of thioether (sulfide) groups is 1. The van der Waals surface area contributed by atoms with Crippen LogP contribution in [0.25, 0.3) is 0 Å². The van der Waals surface area contributed by atoms with E-state index in [4.69, 9.17) is 0 Å². The van der Waals surface area contributed by atoms with Gasteiger partial charge in [-0.05, 0) is 6.92 Å². The molecular formula is C8H13N3OS. The molecule has 2 aliphatic rings. The van der Waals surface area contributed by atoms with Gasteiger partial charge < -0.3 is 10.6 Å². The zero-order valence-electron chi connectivity index (χ0n) is 7.54. The molecule has 2 fully saturated rings. The van der Waals surface area contributed by atoms with Crippen LogP contribution < -0.4 is 10.6 Å². The van der Waals surface area contributed by atoms with Gasteiger partial charge in [0.15, 0.2) is 5.17 Å². The molecule has 0 aromatic carbocycles. The number of carbonyl (C=O) groups excluding carboxylic acids is 1. The van der Waals surface area contributed by atoms with Crippen LogP contribution in [0, 0.1) is 0 Å². The zero-order valence-corrected chi connectivity index (χ0v) is 8.36. The molecule has 0 saturated carbocycles. The van der Waals surface area contributed by atoms with E-state index in [-0.39, 0.29) is 11.9 Å². The molecule has 4 nitrogen and oxygen atoms in total. The standard InChI is InChI=1S/C8H13N3OS/c1-5-4-13-8(10-5)11-6-2-7(12)9-3-6/h5-6H,2-4H2,1H3,(H,9,12)(H,10,11). The molecule has 0 spiro atoms. The van der Waals surface area contributed by atoms with E-state index in [0.717, 1.165) is 10.9 Å². The Morgan fingerprint density at radius 1 is 1.62 bits per heavy atom. The van der Waals surface area contributed by atoms with Crippen LogP contribution in [-0.4, -0.2) is 35.5 Å². The van der Waals surface area contributed by atoms with Crippen LogP contribution in [0.2, 0.25) is 0 Å². The van der Waals surface area contributed by atoms with Crippen LogP contribution in [0.3, 0.4) is 0 Å². The summed E-state index contributed by atoms with van der Waals surface area (Å²) in [5, 5.41) is 7.04. The molecule has 0 radical (unpaired) electrons. The maximum atomic E-state index is 10.9. The molecule has 13 heavy (non-hydrogen) atoms. The fraction of sp³-hybridized carbons (Fsp3) is 0.750.